The van der Waals surface area contributed by atoms with Crippen molar-refractivity contribution in [2.75, 3.05) is 24.6 Å². The van der Waals surface area contributed by atoms with Gasteiger partial charge in [0.1, 0.15) is 12.3 Å². The topological polar surface area (TPSA) is 58.6 Å². The van der Waals surface area contributed by atoms with Crippen molar-refractivity contribution >= 4 is 17.5 Å². The lowest BCUT2D eigenvalue weighted by atomic mass is 10.1. The molecule has 0 aliphatic carbocycles. The molecular formula is C13H16N2O3. The van der Waals surface area contributed by atoms with Gasteiger partial charge in [0, 0.05) is 6.54 Å². The Kier molecular flexibility index (Phi) is 3.50. The first kappa shape index (κ1) is 12.4. The molecule has 1 aromatic carbocycles. The summed E-state index contributed by atoms with van der Waals surface area (Å²) < 4.78 is 5.34. The van der Waals surface area contributed by atoms with Gasteiger partial charge in [-0.1, -0.05) is 6.07 Å². The summed E-state index contributed by atoms with van der Waals surface area (Å²) in [6.45, 7) is 4.35. The highest BCUT2D eigenvalue weighted by Crippen LogP contribution is 2.32. The molecule has 1 aliphatic heterocycles. The van der Waals surface area contributed by atoms with E-state index in [1.165, 1.54) is 4.90 Å². The van der Waals surface area contributed by atoms with Crippen LogP contribution in [0.25, 0.3) is 0 Å². The molecular weight excluding hydrogens is 232 g/mol. The minimum atomic E-state index is -0.195. The summed E-state index contributed by atoms with van der Waals surface area (Å²) >= 11 is 0. The van der Waals surface area contributed by atoms with E-state index in [0.29, 0.717) is 18.0 Å². The highest BCUT2D eigenvalue weighted by Gasteiger charge is 2.27. The number of rotatable bonds is 3. The lowest BCUT2D eigenvalue weighted by molar-refractivity contribution is -0.125. The van der Waals surface area contributed by atoms with Gasteiger partial charge in [-0.3, -0.25) is 14.5 Å². The molecule has 0 fully saturated rings. The number of nitrogens with zero attached hydrogens (tertiary/aromatic N) is 1. The van der Waals surface area contributed by atoms with Gasteiger partial charge in [-0.2, -0.15) is 0 Å². The second-order valence-electron chi connectivity index (χ2n) is 4.19. The summed E-state index contributed by atoms with van der Waals surface area (Å²) in [4.78, 5) is 24.9. The molecule has 5 nitrogen and oxygen atoms in total. The first-order chi connectivity index (χ1) is 8.61. The van der Waals surface area contributed by atoms with Gasteiger partial charge in [0.25, 0.3) is 5.91 Å². The summed E-state index contributed by atoms with van der Waals surface area (Å²) in [7, 11) is 0. The molecule has 0 saturated heterocycles. The third-order valence-electron chi connectivity index (χ3n) is 2.73. The van der Waals surface area contributed by atoms with E-state index in [4.69, 9.17) is 4.74 Å². The fraction of sp³-hybridized carbons (Fsp3) is 0.385. The maximum Gasteiger partial charge on any atom is 0.265 e. The Balaban J connectivity index is 2.27. The molecule has 2 amide bonds. The molecule has 0 unspecified atom stereocenters. The van der Waals surface area contributed by atoms with Crippen molar-refractivity contribution in [1.29, 1.82) is 0 Å². The summed E-state index contributed by atoms with van der Waals surface area (Å²) in [6, 6.07) is 5.59. The van der Waals surface area contributed by atoms with Crippen LogP contribution in [0.3, 0.4) is 0 Å². The number of ether oxygens (including phenoxy) is 1. The Morgan fingerprint density at radius 2 is 2.28 bits per heavy atom. The van der Waals surface area contributed by atoms with Gasteiger partial charge in [-0.15, -0.1) is 0 Å². The van der Waals surface area contributed by atoms with E-state index >= 15 is 0 Å². The van der Waals surface area contributed by atoms with E-state index in [9.17, 15) is 9.59 Å². The number of hydrogen-bond donors (Lipinski definition) is 1. The molecule has 18 heavy (non-hydrogen) atoms. The van der Waals surface area contributed by atoms with E-state index < -0.39 is 0 Å². The second-order valence-corrected chi connectivity index (χ2v) is 4.19. The molecule has 0 atom stereocenters. The van der Waals surface area contributed by atoms with E-state index in [1.54, 1.807) is 0 Å². The zero-order valence-corrected chi connectivity index (χ0v) is 10.5. The number of benzene rings is 1. The number of nitrogens with one attached hydrogen (secondary N) is 1. The van der Waals surface area contributed by atoms with Gasteiger partial charge >= 0.3 is 0 Å². The van der Waals surface area contributed by atoms with Crippen molar-refractivity contribution in [1.82, 2.24) is 5.32 Å². The number of amides is 2. The van der Waals surface area contributed by atoms with Gasteiger partial charge in [0.2, 0.25) is 5.91 Å². The van der Waals surface area contributed by atoms with E-state index in [1.807, 2.05) is 32.0 Å². The average molecular weight is 248 g/mol. The summed E-state index contributed by atoms with van der Waals surface area (Å²) in [6.07, 6.45) is 0. The van der Waals surface area contributed by atoms with Crippen LogP contribution in [-0.2, 0) is 9.59 Å². The molecule has 0 radical (unpaired) electrons. The van der Waals surface area contributed by atoms with Crippen molar-refractivity contribution < 1.29 is 14.3 Å². The zero-order chi connectivity index (χ0) is 13.1. The third kappa shape index (κ3) is 2.45. The Morgan fingerprint density at radius 3 is 3.00 bits per heavy atom. The molecule has 0 bridgehead atoms. The fourth-order valence-corrected chi connectivity index (χ4v) is 1.88. The molecule has 0 spiro atoms. The van der Waals surface area contributed by atoms with Crippen LogP contribution >= 0.6 is 0 Å². The number of hydrogen-bond acceptors (Lipinski definition) is 3. The number of anilines is 1. The predicted molar refractivity (Wildman–Crippen MR) is 67.7 cm³/mol. The van der Waals surface area contributed by atoms with Crippen LogP contribution in [0.4, 0.5) is 5.69 Å². The molecule has 1 heterocycles. The van der Waals surface area contributed by atoms with Gasteiger partial charge in [0.15, 0.2) is 6.61 Å². The van der Waals surface area contributed by atoms with E-state index in [2.05, 4.69) is 5.32 Å². The maximum atomic E-state index is 11.8. The van der Waals surface area contributed by atoms with Crippen molar-refractivity contribution in [2.24, 2.45) is 0 Å². The average Bonchev–Trinajstić information content (AvgIpc) is 2.33. The van der Waals surface area contributed by atoms with E-state index in [0.717, 1.165) is 5.56 Å². The van der Waals surface area contributed by atoms with Gasteiger partial charge in [-0.05, 0) is 31.5 Å². The molecule has 0 aromatic heterocycles. The van der Waals surface area contributed by atoms with Crippen molar-refractivity contribution in [2.45, 2.75) is 13.8 Å². The molecule has 5 heteroatoms. The van der Waals surface area contributed by atoms with Crippen LogP contribution in [0.2, 0.25) is 0 Å². The van der Waals surface area contributed by atoms with Crippen LogP contribution in [0, 0.1) is 6.92 Å². The minimum Gasteiger partial charge on any atom is -0.482 e. The van der Waals surface area contributed by atoms with Gasteiger partial charge in [0.05, 0.1) is 5.69 Å². The molecule has 0 saturated carbocycles. The van der Waals surface area contributed by atoms with Crippen LogP contribution in [0.1, 0.15) is 12.5 Å². The Hall–Kier alpha value is -2.04. The predicted octanol–water partition coefficient (Wildman–Crippen LogP) is 0.857. The highest BCUT2D eigenvalue weighted by atomic mass is 16.5. The maximum absolute atomic E-state index is 11.8. The molecule has 1 aliphatic rings. The molecule has 2 rings (SSSR count). The van der Waals surface area contributed by atoms with Crippen molar-refractivity contribution in [3.63, 3.8) is 0 Å². The number of likely N-dealkylation sites (N-methyl/N-ethyl adjacent to an activating group) is 1. The minimum absolute atomic E-state index is 0.0184. The summed E-state index contributed by atoms with van der Waals surface area (Å²) in [5.74, 6) is 0.282. The Bertz CT molecular complexity index is 485. The normalized spacial score (nSPS) is 13.9. The SMILES string of the molecule is CCNC(=O)CN1C(=O)COc2ccc(C)cc21. The van der Waals surface area contributed by atoms with Crippen molar-refractivity contribution in [3.05, 3.63) is 23.8 Å². The number of aryl methyl sites for hydroxylation is 1. The first-order valence-corrected chi connectivity index (χ1v) is 5.92. The van der Waals surface area contributed by atoms with Crippen LogP contribution < -0.4 is 15.0 Å². The van der Waals surface area contributed by atoms with Crippen LogP contribution in [0.15, 0.2) is 18.2 Å². The summed E-state index contributed by atoms with van der Waals surface area (Å²) in [5, 5.41) is 2.69. The zero-order valence-electron chi connectivity index (χ0n) is 10.5. The summed E-state index contributed by atoms with van der Waals surface area (Å²) in [5.41, 5.74) is 1.69. The largest absolute Gasteiger partial charge is 0.482 e. The third-order valence-corrected chi connectivity index (χ3v) is 2.73. The molecule has 1 aromatic rings. The molecule has 1 N–H and O–H groups in total. The molecule has 96 valence electrons. The van der Waals surface area contributed by atoms with Crippen LogP contribution in [0.5, 0.6) is 5.75 Å². The second kappa shape index (κ2) is 5.08. The Morgan fingerprint density at radius 1 is 1.50 bits per heavy atom. The van der Waals surface area contributed by atoms with Gasteiger partial charge in [-0.25, -0.2) is 0 Å². The number of carbonyl (C=O) groups excluding carboxylic acids is 2. The first-order valence-electron chi connectivity index (χ1n) is 5.92. The van der Waals surface area contributed by atoms with E-state index in [-0.39, 0.29) is 25.0 Å². The lowest BCUT2D eigenvalue weighted by Gasteiger charge is -2.29. The van der Waals surface area contributed by atoms with Gasteiger partial charge < -0.3 is 10.1 Å². The smallest absolute Gasteiger partial charge is 0.265 e. The number of carbonyl (C=O) groups is 2. The lowest BCUT2D eigenvalue weighted by Crippen LogP contribution is -2.45. The quantitative estimate of drug-likeness (QED) is 0.863. The van der Waals surface area contributed by atoms with Crippen molar-refractivity contribution in [3.8, 4) is 5.75 Å². The monoisotopic (exact) mass is 248 g/mol. The number of fused-ring (bicyclic) bond motifs is 1. The fourth-order valence-electron chi connectivity index (χ4n) is 1.88. The highest BCUT2D eigenvalue weighted by molar-refractivity contribution is 6.02. The Labute approximate surface area is 106 Å². The van der Waals surface area contributed by atoms with Crippen LogP contribution in [-0.4, -0.2) is 31.5 Å². The standard InChI is InChI=1S/C13H16N2O3/c1-3-14-12(16)7-15-10-6-9(2)4-5-11(10)18-8-13(15)17/h4-6H,3,7-8H2,1-2H3,(H,14,16).